The maximum Gasteiger partial charge on any atom is 0.238 e. The van der Waals surface area contributed by atoms with Crippen molar-refractivity contribution >= 4 is 28.3 Å². The zero-order chi connectivity index (χ0) is 12.2. The first-order valence-corrected chi connectivity index (χ1v) is 7.26. The van der Waals surface area contributed by atoms with Crippen LogP contribution in [0.2, 0.25) is 0 Å². The molecule has 0 aromatic rings. The van der Waals surface area contributed by atoms with Crippen LogP contribution in [0.3, 0.4) is 0 Å². The van der Waals surface area contributed by atoms with E-state index in [2.05, 4.69) is 15.4 Å². The van der Waals surface area contributed by atoms with Crippen LogP contribution in [0.4, 0.5) is 0 Å². The second kappa shape index (κ2) is 7.15. The number of hydrogen-bond donors (Lipinski definition) is 3. The molecule has 0 aromatic carbocycles. The van der Waals surface area contributed by atoms with Crippen molar-refractivity contribution in [1.82, 2.24) is 15.4 Å². The zero-order valence-corrected chi connectivity index (χ0v) is 11.7. The van der Waals surface area contributed by atoms with E-state index in [1.807, 2.05) is 0 Å². The third-order valence-corrected chi connectivity index (χ3v) is 3.21. The maximum atomic E-state index is 11.6. The van der Waals surface area contributed by atoms with Gasteiger partial charge in [-0.2, -0.15) is 0 Å². The summed E-state index contributed by atoms with van der Waals surface area (Å²) in [5.41, 5.74) is 0. The van der Waals surface area contributed by atoms with Gasteiger partial charge in [-0.05, 0) is 26.3 Å². The molecule has 1 fully saturated rings. The Kier molecular flexibility index (Phi) is 6.99. The fourth-order valence-corrected chi connectivity index (χ4v) is 2.43. The summed E-state index contributed by atoms with van der Waals surface area (Å²) in [6, 6.07) is -0.623. The van der Waals surface area contributed by atoms with Crippen LogP contribution in [0.25, 0.3) is 0 Å². The molecule has 3 N–H and O–H groups in total. The molecule has 1 amide bonds. The van der Waals surface area contributed by atoms with Crippen LogP contribution < -0.4 is 15.4 Å². The summed E-state index contributed by atoms with van der Waals surface area (Å²) >= 11 is 0. The highest BCUT2D eigenvalue weighted by Crippen LogP contribution is 2.01. The van der Waals surface area contributed by atoms with E-state index >= 15 is 0 Å². The molecule has 2 atom stereocenters. The molecule has 1 aliphatic rings. The highest BCUT2D eigenvalue weighted by molar-refractivity contribution is 7.88. The van der Waals surface area contributed by atoms with Crippen molar-refractivity contribution in [2.45, 2.75) is 31.8 Å². The van der Waals surface area contributed by atoms with Gasteiger partial charge in [0.05, 0.1) is 12.3 Å². The number of rotatable bonds is 4. The summed E-state index contributed by atoms with van der Waals surface area (Å²) in [5.74, 6) is -0.279. The molecule has 0 aliphatic carbocycles. The molecular formula is C9H20ClN3O3S. The van der Waals surface area contributed by atoms with Crippen LogP contribution in [0, 0.1) is 0 Å². The van der Waals surface area contributed by atoms with Crippen molar-refractivity contribution in [2.24, 2.45) is 0 Å². The van der Waals surface area contributed by atoms with Crippen molar-refractivity contribution < 1.29 is 13.2 Å². The summed E-state index contributed by atoms with van der Waals surface area (Å²) < 4.78 is 24.1. The lowest BCUT2D eigenvalue weighted by Gasteiger charge is -2.25. The van der Waals surface area contributed by atoms with Gasteiger partial charge in [-0.3, -0.25) is 4.79 Å². The van der Waals surface area contributed by atoms with E-state index in [0.717, 1.165) is 32.2 Å². The Morgan fingerprint density at radius 3 is 2.59 bits per heavy atom. The molecule has 8 heteroatoms. The number of halogens is 1. The Bertz CT molecular complexity index is 341. The average molecular weight is 286 g/mol. The zero-order valence-electron chi connectivity index (χ0n) is 10.0. The molecule has 1 heterocycles. The lowest BCUT2D eigenvalue weighted by Crippen LogP contribution is -2.51. The monoisotopic (exact) mass is 285 g/mol. The molecule has 6 nitrogen and oxygen atoms in total. The third kappa shape index (κ3) is 6.82. The van der Waals surface area contributed by atoms with Crippen LogP contribution in [-0.4, -0.2) is 45.8 Å². The number of piperidine rings is 1. The number of hydrogen-bond acceptors (Lipinski definition) is 4. The highest BCUT2D eigenvalue weighted by Gasteiger charge is 2.21. The summed E-state index contributed by atoms with van der Waals surface area (Å²) in [4.78, 5) is 11.6. The molecule has 1 unspecified atom stereocenters. The first-order valence-electron chi connectivity index (χ1n) is 5.37. The fraction of sp³-hybridized carbons (Fsp3) is 0.889. The Labute approximate surface area is 108 Å². The van der Waals surface area contributed by atoms with Crippen molar-refractivity contribution in [3.8, 4) is 0 Å². The van der Waals surface area contributed by atoms with Gasteiger partial charge in [-0.15, -0.1) is 12.4 Å². The quantitative estimate of drug-likeness (QED) is 0.632. The Hall–Kier alpha value is -0.370. The van der Waals surface area contributed by atoms with E-state index in [-0.39, 0.29) is 24.4 Å². The van der Waals surface area contributed by atoms with Crippen LogP contribution in [0.15, 0.2) is 0 Å². The van der Waals surface area contributed by atoms with Gasteiger partial charge in [0.25, 0.3) is 0 Å². The van der Waals surface area contributed by atoms with Crippen molar-refractivity contribution in [1.29, 1.82) is 0 Å². The van der Waals surface area contributed by atoms with Gasteiger partial charge in [0.2, 0.25) is 15.9 Å². The van der Waals surface area contributed by atoms with Gasteiger partial charge in [0.1, 0.15) is 0 Å². The van der Waals surface area contributed by atoms with E-state index < -0.39 is 16.1 Å². The van der Waals surface area contributed by atoms with Crippen molar-refractivity contribution in [2.75, 3.05) is 19.3 Å². The topological polar surface area (TPSA) is 87.3 Å². The van der Waals surface area contributed by atoms with E-state index in [0.29, 0.717) is 0 Å². The molecular weight excluding hydrogens is 266 g/mol. The molecule has 102 valence electrons. The lowest BCUT2D eigenvalue weighted by molar-refractivity contribution is -0.123. The smallest absolute Gasteiger partial charge is 0.238 e. The maximum absolute atomic E-state index is 11.6. The number of sulfonamides is 1. The first-order chi connectivity index (χ1) is 7.38. The largest absolute Gasteiger partial charge is 0.351 e. The summed E-state index contributed by atoms with van der Waals surface area (Å²) in [6.45, 7) is 3.26. The van der Waals surface area contributed by atoms with Crippen LogP contribution in [0.5, 0.6) is 0 Å². The fourth-order valence-electron chi connectivity index (χ4n) is 1.68. The predicted molar refractivity (Wildman–Crippen MR) is 68.7 cm³/mol. The van der Waals surface area contributed by atoms with Crippen LogP contribution in [-0.2, 0) is 14.8 Å². The molecule has 1 rings (SSSR count). The minimum atomic E-state index is -3.34. The van der Waals surface area contributed by atoms with E-state index in [4.69, 9.17) is 0 Å². The van der Waals surface area contributed by atoms with Crippen molar-refractivity contribution in [3.63, 3.8) is 0 Å². The van der Waals surface area contributed by atoms with Gasteiger partial charge >= 0.3 is 0 Å². The molecule has 0 aromatic heterocycles. The Morgan fingerprint density at radius 2 is 2.12 bits per heavy atom. The highest BCUT2D eigenvalue weighted by atomic mass is 35.5. The minimum Gasteiger partial charge on any atom is -0.351 e. The van der Waals surface area contributed by atoms with Gasteiger partial charge in [0.15, 0.2) is 0 Å². The van der Waals surface area contributed by atoms with Crippen LogP contribution in [0.1, 0.15) is 19.8 Å². The molecule has 0 saturated carbocycles. The average Bonchev–Trinajstić information content (AvgIpc) is 2.16. The van der Waals surface area contributed by atoms with Gasteiger partial charge in [-0.1, -0.05) is 0 Å². The Morgan fingerprint density at radius 1 is 1.47 bits per heavy atom. The second-order valence-corrected chi connectivity index (χ2v) is 5.94. The van der Waals surface area contributed by atoms with Gasteiger partial charge in [0, 0.05) is 12.6 Å². The summed E-state index contributed by atoms with van der Waals surface area (Å²) in [7, 11) is -3.34. The SMILES string of the molecule is CC(NS(C)(=O)=O)C(=O)N[C@H]1CCCNC1.Cl. The number of carbonyl (C=O) groups is 1. The number of carbonyl (C=O) groups excluding carboxylic acids is 1. The molecule has 0 spiro atoms. The lowest BCUT2D eigenvalue weighted by atomic mass is 10.1. The predicted octanol–water partition coefficient (Wildman–Crippen LogP) is -0.786. The molecule has 1 aliphatic heterocycles. The Balaban J connectivity index is 0.00000256. The standard InChI is InChI=1S/C9H19N3O3S.ClH/c1-7(12-16(2,14)15)9(13)11-8-4-3-5-10-6-8;/h7-8,10,12H,3-6H2,1-2H3,(H,11,13);1H/t7?,8-;/m0./s1. The van der Waals surface area contributed by atoms with Gasteiger partial charge < -0.3 is 10.6 Å². The number of amides is 1. The number of nitrogens with one attached hydrogen (secondary N) is 3. The van der Waals surface area contributed by atoms with Gasteiger partial charge in [-0.25, -0.2) is 13.1 Å². The first kappa shape index (κ1) is 16.6. The summed E-state index contributed by atoms with van der Waals surface area (Å²) in [5, 5.41) is 5.99. The van der Waals surface area contributed by atoms with E-state index in [1.54, 1.807) is 0 Å². The molecule has 0 bridgehead atoms. The summed E-state index contributed by atoms with van der Waals surface area (Å²) in [6.07, 6.45) is 3.00. The molecule has 0 radical (unpaired) electrons. The minimum absolute atomic E-state index is 0. The van der Waals surface area contributed by atoms with Crippen LogP contribution >= 0.6 is 12.4 Å². The van der Waals surface area contributed by atoms with E-state index in [1.165, 1.54) is 6.92 Å². The third-order valence-electron chi connectivity index (χ3n) is 2.43. The second-order valence-electron chi connectivity index (χ2n) is 4.16. The normalized spacial score (nSPS) is 22.4. The molecule has 1 saturated heterocycles. The molecule has 17 heavy (non-hydrogen) atoms. The van der Waals surface area contributed by atoms with Crippen molar-refractivity contribution in [3.05, 3.63) is 0 Å². The van der Waals surface area contributed by atoms with E-state index in [9.17, 15) is 13.2 Å².